The molecule has 1 aromatic rings. The van der Waals surface area contributed by atoms with Crippen LogP contribution in [-0.4, -0.2) is 32.5 Å². The summed E-state index contributed by atoms with van der Waals surface area (Å²) in [4.78, 5) is 0. The molecule has 0 aromatic heterocycles. The molecule has 3 heteroatoms. The van der Waals surface area contributed by atoms with Gasteiger partial charge in [0.15, 0.2) is 0 Å². The minimum Gasteiger partial charge on any atom is -0.493 e. The summed E-state index contributed by atoms with van der Waals surface area (Å²) in [6.45, 7) is 4.94. The maximum absolute atomic E-state index is 5.72. The molecule has 1 heterocycles. The highest BCUT2D eigenvalue weighted by Gasteiger charge is 2.13. The van der Waals surface area contributed by atoms with Gasteiger partial charge in [0, 0.05) is 6.42 Å². The molecule has 1 unspecified atom stereocenters. The molecule has 0 aliphatic carbocycles. The van der Waals surface area contributed by atoms with Gasteiger partial charge < -0.3 is 14.2 Å². The Bertz CT molecular complexity index is 332. The Hall–Kier alpha value is -1.06. The molecule has 17 heavy (non-hydrogen) atoms. The number of ether oxygens (including phenoxy) is 3. The lowest BCUT2D eigenvalue weighted by Gasteiger charge is -2.22. The number of hydrogen-bond donors (Lipinski definition) is 0. The molecule has 1 aliphatic rings. The molecule has 0 saturated carbocycles. The van der Waals surface area contributed by atoms with Crippen LogP contribution >= 0.6 is 0 Å². The smallest absolute Gasteiger partial charge is 0.119 e. The molecule has 1 atom stereocenters. The van der Waals surface area contributed by atoms with E-state index < -0.39 is 0 Å². The zero-order chi connectivity index (χ0) is 11.9. The second-order valence-corrected chi connectivity index (χ2v) is 4.21. The number of rotatable bonds is 5. The first-order chi connectivity index (χ1) is 8.38. The zero-order valence-corrected chi connectivity index (χ0v) is 10.4. The molecule has 1 aromatic carbocycles. The minimum atomic E-state index is 0.193. The summed E-state index contributed by atoms with van der Waals surface area (Å²) < 4.78 is 16.6. The molecular weight excluding hydrogens is 216 g/mol. The molecule has 0 radical (unpaired) electrons. The van der Waals surface area contributed by atoms with Crippen molar-refractivity contribution in [2.75, 3.05) is 26.4 Å². The minimum absolute atomic E-state index is 0.193. The summed E-state index contributed by atoms with van der Waals surface area (Å²) >= 11 is 0. The lowest BCUT2D eigenvalue weighted by molar-refractivity contribution is -0.0935. The lowest BCUT2D eigenvalue weighted by Crippen LogP contribution is -2.29. The number of benzene rings is 1. The highest BCUT2D eigenvalue weighted by Crippen LogP contribution is 2.14. The Morgan fingerprint density at radius 1 is 1.35 bits per heavy atom. The Morgan fingerprint density at radius 3 is 3.06 bits per heavy atom. The van der Waals surface area contributed by atoms with Crippen molar-refractivity contribution in [2.24, 2.45) is 0 Å². The van der Waals surface area contributed by atoms with E-state index in [4.69, 9.17) is 14.2 Å². The molecule has 1 saturated heterocycles. The lowest BCUT2D eigenvalue weighted by atomic mass is 10.2. The van der Waals surface area contributed by atoms with Crippen LogP contribution in [0, 0.1) is 0 Å². The molecule has 0 N–H and O–H groups in total. The quantitative estimate of drug-likeness (QED) is 0.786. The van der Waals surface area contributed by atoms with Crippen molar-refractivity contribution in [2.45, 2.75) is 25.9 Å². The summed E-state index contributed by atoms with van der Waals surface area (Å²) in [5.74, 6) is 0.945. The third-order valence-electron chi connectivity index (χ3n) is 2.90. The largest absolute Gasteiger partial charge is 0.493 e. The summed E-state index contributed by atoms with van der Waals surface area (Å²) in [6, 6.07) is 8.24. The van der Waals surface area contributed by atoms with Crippen molar-refractivity contribution in [3.8, 4) is 5.75 Å². The van der Waals surface area contributed by atoms with Crippen LogP contribution in [0.5, 0.6) is 5.75 Å². The molecule has 94 valence electrons. The van der Waals surface area contributed by atoms with Gasteiger partial charge in [0.2, 0.25) is 0 Å². The van der Waals surface area contributed by atoms with Gasteiger partial charge in [-0.05, 0) is 24.1 Å². The standard InChI is InChI=1S/C14H20O3/c1-2-12-4-3-5-13(10-12)16-7-6-14-11-15-8-9-17-14/h3-5,10,14H,2,6-9,11H2,1H3. The summed E-state index contributed by atoms with van der Waals surface area (Å²) in [5, 5.41) is 0. The van der Waals surface area contributed by atoms with Gasteiger partial charge in [0.1, 0.15) is 5.75 Å². The molecule has 2 rings (SSSR count). The van der Waals surface area contributed by atoms with Gasteiger partial charge in [0.25, 0.3) is 0 Å². The van der Waals surface area contributed by atoms with E-state index in [9.17, 15) is 0 Å². The van der Waals surface area contributed by atoms with E-state index in [0.717, 1.165) is 25.2 Å². The molecule has 1 fully saturated rings. The van der Waals surface area contributed by atoms with E-state index >= 15 is 0 Å². The molecule has 3 nitrogen and oxygen atoms in total. The van der Waals surface area contributed by atoms with E-state index in [1.807, 2.05) is 12.1 Å². The first-order valence-electron chi connectivity index (χ1n) is 6.29. The van der Waals surface area contributed by atoms with Crippen LogP contribution in [0.1, 0.15) is 18.9 Å². The molecular formula is C14H20O3. The van der Waals surface area contributed by atoms with Crippen LogP contribution in [0.2, 0.25) is 0 Å². The van der Waals surface area contributed by atoms with Crippen molar-refractivity contribution in [3.63, 3.8) is 0 Å². The molecule has 0 spiro atoms. The van der Waals surface area contributed by atoms with Crippen LogP contribution in [0.3, 0.4) is 0 Å². The molecule has 1 aliphatic heterocycles. The summed E-state index contributed by atoms with van der Waals surface area (Å²) in [7, 11) is 0. The van der Waals surface area contributed by atoms with Crippen LogP contribution in [-0.2, 0) is 15.9 Å². The molecule has 0 amide bonds. The van der Waals surface area contributed by atoms with Gasteiger partial charge in [-0.2, -0.15) is 0 Å². The van der Waals surface area contributed by atoms with E-state index in [0.29, 0.717) is 19.8 Å². The van der Waals surface area contributed by atoms with Crippen molar-refractivity contribution < 1.29 is 14.2 Å². The van der Waals surface area contributed by atoms with E-state index in [1.54, 1.807) is 0 Å². The average Bonchev–Trinajstić information content (AvgIpc) is 2.40. The summed E-state index contributed by atoms with van der Waals surface area (Å²) in [5.41, 5.74) is 1.31. The number of hydrogen-bond acceptors (Lipinski definition) is 3. The number of aryl methyl sites for hydroxylation is 1. The van der Waals surface area contributed by atoms with Gasteiger partial charge in [-0.1, -0.05) is 19.1 Å². The van der Waals surface area contributed by atoms with Crippen molar-refractivity contribution in [3.05, 3.63) is 29.8 Å². The summed E-state index contributed by atoms with van der Waals surface area (Å²) in [6.07, 6.45) is 2.12. The van der Waals surface area contributed by atoms with Crippen LogP contribution < -0.4 is 4.74 Å². The predicted octanol–water partition coefficient (Wildman–Crippen LogP) is 2.43. The van der Waals surface area contributed by atoms with Crippen molar-refractivity contribution in [1.82, 2.24) is 0 Å². The SMILES string of the molecule is CCc1cccc(OCCC2COCCO2)c1. The van der Waals surface area contributed by atoms with Gasteiger partial charge in [0.05, 0.1) is 32.5 Å². The Morgan fingerprint density at radius 2 is 2.29 bits per heavy atom. The predicted molar refractivity (Wildman–Crippen MR) is 66.5 cm³/mol. The fraction of sp³-hybridized carbons (Fsp3) is 0.571. The van der Waals surface area contributed by atoms with Gasteiger partial charge in [-0.25, -0.2) is 0 Å². The van der Waals surface area contributed by atoms with Gasteiger partial charge in [-0.3, -0.25) is 0 Å². The average molecular weight is 236 g/mol. The highest BCUT2D eigenvalue weighted by atomic mass is 16.6. The fourth-order valence-electron chi connectivity index (χ4n) is 1.87. The normalized spacial score (nSPS) is 20.2. The van der Waals surface area contributed by atoms with E-state index in [2.05, 4.69) is 19.1 Å². The topological polar surface area (TPSA) is 27.7 Å². The van der Waals surface area contributed by atoms with Gasteiger partial charge in [-0.15, -0.1) is 0 Å². The first kappa shape index (κ1) is 12.4. The first-order valence-corrected chi connectivity index (χ1v) is 6.29. The third kappa shape index (κ3) is 4.02. The maximum atomic E-state index is 5.72. The Labute approximate surface area is 103 Å². The molecule has 0 bridgehead atoms. The zero-order valence-electron chi connectivity index (χ0n) is 10.4. The second kappa shape index (κ2) is 6.62. The fourth-order valence-corrected chi connectivity index (χ4v) is 1.87. The van der Waals surface area contributed by atoms with Crippen LogP contribution in [0.15, 0.2) is 24.3 Å². The van der Waals surface area contributed by atoms with Gasteiger partial charge >= 0.3 is 0 Å². The monoisotopic (exact) mass is 236 g/mol. The van der Waals surface area contributed by atoms with Crippen LogP contribution in [0.25, 0.3) is 0 Å². The second-order valence-electron chi connectivity index (χ2n) is 4.21. The van der Waals surface area contributed by atoms with E-state index in [1.165, 1.54) is 5.56 Å². The van der Waals surface area contributed by atoms with Crippen LogP contribution in [0.4, 0.5) is 0 Å². The van der Waals surface area contributed by atoms with E-state index in [-0.39, 0.29) is 6.10 Å². The van der Waals surface area contributed by atoms with Crippen molar-refractivity contribution >= 4 is 0 Å². The Balaban J connectivity index is 1.73. The third-order valence-corrected chi connectivity index (χ3v) is 2.90. The Kier molecular flexibility index (Phi) is 4.83. The maximum Gasteiger partial charge on any atom is 0.119 e. The highest BCUT2D eigenvalue weighted by molar-refractivity contribution is 5.28. The van der Waals surface area contributed by atoms with Crippen molar-refractivity contribution in [1.29, 1.82) is 0 Å².